The van der Waals surface area contributed by atoms with Crippen molar-refractivity contribution in [2.45, 2.75) is 19.8 Å². The van der Waals surface area contributed by atoms with Gasteiger partial charge in [0.2, 0.25) is 0 Å². The summed E-state index contributed by atoms with van der Waals surface area (Å²) in [5.41, 5.74) is 1.32. The van der Waals surface area contributed by atoms with Gasteiger partial charge in [0.15, 0.2) is 0 Å². The standard InChI is InChI=1S/C10H15OP/c1-7(2)8-4-5-10(12)9(6-8)11-3/h4-7H,12H2,1-3H3. The molecular formula is C10H15OP. The lowest BCUT2D eigenvalue weighted by Crippen LogP contribution is -2.00. The monoisotopic (exact) mass is 182 g/mol. The molecule has 0 aliphatic heterocycles. The first-order valence-corrected chi connectivity index (χ1v) is 4.66. The van der Waals surface area contributed by atoms with Crippen molar-refractivity contribution < 1.29 is 4.74 Å². The molecule has 1 aromatic carbocycles. The summed E-state index contributed by atoms with van der Waals surface area (Å²) in [7, 11) is 4.36. The SMILES string of the molecule is COc1cc(C(C)C)ccc1P. The van der Waals surface area contributed by atoms with E-state index in [4.69, 9.17) is 4.74 Å². The van der Waals surface area contributed by atoms with Crippen LogP contribution in [0.15, 0.2) is 18.2 Å². The molecule has 1 nitrogen and oxygen atoms in total. The molecule has 0 saturated heterocycles. The third kappa shape index (κ3) is 1.98. The highest BCUT2D eigenvalue weighted by atomic mass is 31.0. The molecule has 0 N–H and O–H groups in total. The lowest BCUT2D eigenvalue weighted by molar-refractivity contribution is 0.417. The van der Waals surface area contributed by atoms with Crippen LogP contribution in [-0.2, 0) is 0 Å². The van der Waals surface area contributed by atoms with Gasteiger partial charge in [-0.05, 0) is 17.5 Å². The Balaban J connectivity index is 3.05. The van der Waals surface area contributed by atoms with Gasteiger partial charge in [-0.25, -0.2) is 0 Å². The van der Waals surface area contributed by atoms with Gasteiger partial charge in [-0.2, -0.15) is 0 Å². The molecule has 0 bridgehead atoms. The van der Waals surface area contributed by atoms with Crippen molar-refractivity contribution >= 4 is 14.5 Å². The van der Waals surface area contributed by atoms with Crippen molar-refractivity contribution in [3.8, 4) is 5.75 Å². The van der Waals surface area contributed by atoms with Crippen LogP contribution in [0.25, 0.3) is 0 Å². The van der Waals surface area contributed by atoms with Gasteiger partial charge >= 0.3 is 0 Å². The van der Waals surface area contributed by atoms with Crippen LogP contribution in [0.4, 0.5) is 0 Å². The molecule has 0 aliphatic carbocycles. The molecule has 0 radical (unpaired) electrons. The Morgan fingerprint density at radius 1 is 1.33 bits per heavy atom. The topological polar surface area (TPSA) is 9.23 Å². The van der Waals surface area contributed by atoms with Gasteiger partial charge in [-0.3, -0.25) is 0 Å². The lowest BCUT2D eigenvalue weighted by Gasteiger charge is -2.09. The molecule has 0 spiro atoms. The second-order valence-corrected chi connectivity index (χ2v) is 3.78. The summed E-state index contributed by atoms with van der Waals surface area (Å²) in [5.74, 6) is 1.51. The van der Waals surface area contributed by atoms with Crippen LogP contribution >= 0.6 is 9.24 Å². The van der Waals surface area contributed by atoms with Crippen LogP contribution in [0.1, 0.15) is 25.3 Å². The van der Waals surface area contributed by atoms with Gasteiger partial charge in [0, 0.05) is 5.30 Å². The van der Waals surface area contributed by atoms with Crippen LogP contribution in [-0.4, -0.2) is 7.11 Å². The Hall–Kier alpha value is -0.550. The first-order valence-electron chi connectivity index (χ1n) is 4.08. The van der Waals surface area contributed by atoms with Crippen molar-refractivity contribution in [2.75, 3.05) is 7.11 Å². The molecule has 1 aromatic rings. The van der Waals surface area contributed by atoms with Gasteiger partial charge in [-0.15, -0.1) is 9.24 Å². The molecule has 0 amide bonds. The van der Waals surface area contributed by atoms with Gasteiger partial charge in [-0.1, -0.05) is 26.0 Å². The van der Waals surface area contributed by atoms with Crippen molar-refractivity contribution in [3.05, 3.63) is 23.8 Å². The molecule has 0 aromatic heterocycles. The Labute approximate surface area is 76.3 Å². The molecule has 0 fully saturated rings. The largest absolute Gasteiger partial charge is 0.496 e. The van der Waals surface area contributed by atoms with E-state index >= 15 is 0 Å². The molecule has 12 heavy (non-hydrogen) atoms. The Morgan fingerprint density at radius 3 is 2.50 bits per heavy atom. The summed E-state index contributed by atoms with van der Waals surface area (Å²) >= 11 is 0. The average Bonchev–Trinajstić information content (AvgIpc) is 2.05. The van der Waals surface area contributed by atoms with Gasteiger partial charge in [0.1, 0.15) is 5.75 Å². The van der Waals surface area contributed by atoms with Crippen molar-refractivity contribution in [3.63, 3.8) is 0 Å². The minimum atomic E-state index is 0.560. The highest BCUT2D eigenvalue weighted by Gasteiger charge is 2.02. The van der Waals surface area contributed by atoms with E-state index in [0.717, 1.165) is 11.1 Å². The van der Waals surface area contributed by atoms with Crippen molar-refractivity contribution in [1.82, 2.24) is 0 Å². The van der Waals surface area contributed by atoms with E-state index in [2.05, 4.69) is 41.3 Å². The van der Waals surface area contributed by atoms with E-state index in [-0.39, 0.29) is 0 Å². The smallest absolute Gasteiger partial charge is 0.126 e. The molecule has 1 atom stereocenters. The minimum absolute atomic E-state index is 0.560. The highest BCUT2D eigenvalue weighted by Crippen LogP contribution is 2.19. The first-order chi connectivity index (χ1) is 5.65. The van der Waals surface area contributed by atoms with E-state index in [1.165, 1.54) is 5.56 Å². The third-order valence-electron chi connectivity index (χ3n) is 1.92. The molecule has 1 rings (SSSR count). The normalized spacial score (nSPS) is 10.4. The maximum Gasteiger partial charge on any atom is 0.126 e. The number of hydrogen-bond acceptors (Lipinski definition) is 1. The summed E-state index contributed by atoms with van der Waals surface area (Å²) in [6.07, 6.45) is 0. The second-order valence-electron chi connectivity index (χ2n) is 3.16. The van der Waals surface area contributed by atoms with Crippen LogP contribution in [0.5, 0.6) is 5.75 Å². The summed E-state index contributed by atoms with van der Waals surface area (Å²) in [5, 5.41) is 1.11. The maximum atomic E-state index is 5.21. The summed E-state index contributed by atoms with van der Waals surface area (Å²) in [6, 6.07) is 6.29. The molecular weight excluding hydrogens is 167 g/mol. The van der Waals surface area contributed by atoms with E-state index in [1.807, 2.05) is 0 Å². The first kappa shape index (κ1) is 9.54. The molecule has 0 saturated carbocycles. The van der Waals surface area contributed by atoms with Gasteiger partial charge < -0.3 is 4.74 Å². The number of rotatable bonds is 2. The minimum Gasteiger partial charge on any atom is -0.496 e. The van der Waals surface area contributed by atoms with E-state index in [9.17, 15) is 0 Å². The zero-order valence-corrected chi connectivity index (χ0v) is 8.95. The highest BCUT2D eigenvalue weighted by molar-refractivity contribution is 7.27. The number of ether oxygens (including phenoxy) is 1. The molecule has 66 valence electrons. The average molecular weight is 182 g/mol. The molecule has 2 heteroatoms. The van der Waals surface area contributed by atoms with E-state index in [1.54, 1.807) is 7.11 Å². The van der Waals surface area contributed by atoms with Crippen LogP contribution in [0, 0.1) is 0 Å². The maximum absolute atomic E-state index is 5.21. The predicted octanol–water partition coefficient (Wildman–Crippen LogP) is 2.32. The fourth-order valence-electron chi connectivity index (χ4n) is 1.09. The Kier molecular flexibility index (Phi) is 3.11. The van der Waals surface area contributed by atoms with Gasteiger partial charge in [0.25, 0.3) is 0 Å². The van der Waals surface area contributed by atoms with Crippen LogP contribution in [0.3, 0.4) is 0 Å². The molecule has 0 aliphatic rings. The number of methoxy groups -OCH3 is 1. The summed E-state index contributed by atoms with van der Waals surface area (Å²) in [4.78, 5) is 0. The van der Waals surface area contributed by atoms with E-state index < -0.39 is 0 Å². The van der Waals surface area contributed by atoms with E-state index in [0.29, 0.717) is 5.92 Å². The zero-order valence-electron chi connectivity index (χ0n) is 7.79. The Morgan fingerprint density at radius 2 is 2.00 bits per heavy atom. The Bertz CT molecular complexity index is 269. The van der Waals surface area contributed by atoms with Crippen LogP contribution < -0.4 is 10.0 Å². The fraction of sp³-hybridized carbons (Fsp3) is 0.400. The van der Waals surface area contributed by atoms with Crippen molar-refractivity contribution in [1.29, 1.82) is 0 Å². The molecule has 1 unspecified atom stereocenters. The lowest BCUT2D eigenvalue weighted by atomic mass is 10.0. The number of hydrogen-bond donors (Lipinski definition) is 0. The quantitative estimate of drug-likeness (QED) is 0.638. The zero-order chi connectivity index (χ0) is 9.14. The molecule has 0 heterocycles. The second kappa shape index (κ2) is 3.91. The summed E-state index contributed by atoms with van der Waals surface area (Å²) in [6.45, 7) is 4.36. The van der Waals surface area contributed by atoms with Crippen LogP contribution in [0.2, 0.25) is 0 Å². The third-order valence-corrected chi connectivity index (χ3v) is 2.40. The van der Waals surface area contributed by atoms with Crippen molar-refractivity contribution in [2.24, 2.45) is 0 Å². The fourth-order valence-corrected chi connectivity index (χ4v) is 1.38. The number of benzene rings is 1. The van der Waals surface area contributed by atoms with Gasteiger partial charge in [0.05, 0.1) is 7.11 Å². The predicted molar refractivity (Wildman–Crippen MR) is 56.4 cm³/mol. The summed E-state index contributed by atoms with van der Waals surface area (Å²) < 4.78 is 5.21.